The zero-order valence-corrected chi connectivity index (χ0v) is 17.6. The van der Waals surface area contributed by atoms with E-state index in [-0.39, 0.29) is 6.04 Å². The van der Waals surface area contributed by atoms with Crippen molar-refractivity contribution in [2.45, 2.75) is 26.5 Å². The van der Waals surface area contributed by atoms with Gasteiger partial charge in [-0.2, -0.15) is 0 Å². The molecule has 0 amide bonds. The number of hydrogen-bond acceptors (Lipinski definition) is 3. The average molecular weight is 476 g/mol. The Hall–Kier alpha value is 1.07. The van der Waals surface area contributed by atoms with Crippen molar-refractivity contribution in [2.24, 2.45) is 0 Å². The molecule has 4 nitrogen and oxygen atoms in total. The van der Waals surface area contributed by atoms with Gasteiger partial charge < -0.3 is 0 Å². The number of fused-ring (bicyclic) bond motifs is 1. The zero-order chi connectivity index (χ0) is 18.0. The van der Waals surface area contributed by atoms with Gasteiger partial charge in [-0.15, -0.1) is 0 Å². The van der Waals surface area contributed by atoms with Gasteiger partial charge in [0.05, 0.1) is 0 Å². The molecule has 0 bridgehead atoms. The Morgan fingerprint density at radius 1 is 1.04 bits per heavy atom. The molecule has 1 N–H and O–H groups in total. The molecule has 11 heteroatoms. The fraction of sp³-hybridized carbons (Fsp3) is 0.538. The van der Waals surface area contributed by atoms with E-state index >= 15 is 0 Å². The topological polar surface area (TPSA) is 47.6 Å². The van der Waals surface area contributed by atoms with Gasteiger partial charge >= 0.3 is 7.75 Å². The van der Waals surface area contributed by atoms with Crippen molar-refractivity contribution in [1.82, 2.24) is 5.09 Å². The highest BCUT2D eigenvalue weighted by atomic mass is 35.6. The molecule has 24 heavy (non-hydrogen) atoms. The Bertz CT molecular complexity index is 596. The fourth-order valence-corrected chi connectivity index (χ4v) is 4.69. The van der Waals surface area contributed by atoms with E-state index in [0.29, 0.717) is 0 Å². The van der Waals surface area contributed by atoms with Crippen LogP contribution >= 0.6 is 77.4 Å². The van der Waals surface area contributed by atoms with Crippen molar-refractivity contribution in [2.75, 3.05) is 13.2 Å². The first kappa shape index (κ1) is 21.4. The van der Waals surface area contributed by atoms with E-state index in [4.69, 9.17) is 78.7 Å². The lowest BCUT2D eigenvalue weighted by Gasteiger charge is -2.26. The van der Waals surface area contributed by atoms with Crippen LogP contribution in [-0.4, -0.2) is 20.8 Å². The molecular formula is C13H14Cl6NO3P. The lowest BCUT2D eigenvalue weighted by Crippen LogP contribution is -2.25. The average Bonchev–Trinajstić information content (AvgIpc) is 2.85. The molecule has 0 spiro atoms. The first-order chi connectivity index (χ1) is 11.0. The lowest BCUT2D eigenvalue weighted by molar-refractivity contribution is 0.197. The highest BCUT2D eigenvalue weighted by molar-refractivity contribution is 7.51. The maximum atomic E-state index is 13.0. The van der Waals surface area contributed by atoms with Crippen LogP contribution in [0.1, 0.15) is 23.6 Å². The minimum atomic E-state index is -3.87. The molecule has 1 aromatic rings. The highest BCUT2D eigenvalue weighted by Gasteiger charge is 2.37. The van der Waals surface area contributed by atoms with Gasteiger partial charge in [-0.25, -0.2) is 9.65 Å². The van der Waals surface area contributed by atoms with Crippen LogP contribution in [0.3, 0.4) is 0 Å². The normalized spacial score (nSPS) is 18.7. The summed E-state index contributed by atoms with van der Waals surface area (Å²) in [6.45, 7) is -0.896. The second kappa shape index (κ2) is 8.39. The summed E-state index contributed by atoms with van der Waals surface area (Å²) < 4.78 is 19.9. The number of nitrogens with one attached hydrogen (secondary N) is 1. The first-order valence-corrected chi connectivity index (χ1v) is 10.7. The van der Waals surface area contributed by atoms with E-state index in [1.54, 1.807) is 0 Å². The van der Waals surface area contributed by atoms with Crippen LogP contribution in [-0.2, 0) is 20.0 Å². The summed E-state index contributed by atoms with van der Waals surface area (Å²) in [4.78, 5) is 0. The van der Waals surface area contributed by atoms with Crippen molar-refractivity contribution < 1.29 is 13.6 Å². The summed E-state index contributed by atoms with van der Waals surface area (Å²) >= 11 is 33.9. The van der Waals surface area contributed by atoms with Crippen molar-refractivity contribution in [3.63, 3.8) is 0 Å². The lowest BCUT2D eigenvalue weighted by atomic mass is 10.1. The van der Waals surface area contributed by atoms with E-state index in [9.17, 15) is 4.57 Å². The Labute approximate surface area is 170 Å². The van der Waals surface area contributed by atoms with Crippen LogP contribution in [0, 0.1) is 0 Å². The first-order valence-electron chi connectivity index (χ1n) is 6.86. The zero-order valence-electron chi connectivity index (χ0n) is 12.2. The molecular weight excluding hydrogens is 462 g/mol. The Morgan fingerprint density at radius 2 is 1.58 bits per heavy atom. The molecule has 2 rings (SSSR count). The van der Waals surface area contributed by atoms with Gasteiger partial charge in [0, 0.05) is 6.04 Å². The van der Waals surface area contributed by atoms with E-state index < -0.39 is 28.5 Å². The quantitative estimate of drug-likeness (QED) is 0.396. The third-order valence-electron chi connectivity index (χ3n) is 3.24. The smallest absolute Gasteiger partial charge is 0.292 e. The fourth-order valence-electron chi connectivity index (χ4n) is 2.31. The molecule has 1 aromatic carbocycles. The third kappa shape index (κ3) is 7.00. The molecule has 0 aliphatic heterocycles. The second-order valence-corrected chi connectivity index (χ2v) is 12.0. The number of aryl methyl sites for hydroxylation is 1. The SMILES string of the molecule is O=P(NC1CCc2ccccc21)(OCC(Cl)(Cl)Cl)OCC(Cl)(Cl)Cl. The van der Waals surface area contributed by atoms with Gasteiger partial charge in [-0.1, -0.05) is 93.9 Å². The predicted molar refractivity (Wildman–Crippen MR) is 101 cm³/mol. The van der Waals surface area contributed by atoms with E-state index in [1.807, 2.05) is 24.3 Å². The minimum absolute atomic E-state index is 0.238. The van der Waals surface area contributed by atoms with E-state index in [1.165, 1.54) is 0 Å². The van der Waals surface area contributed by atoms with Crippen LogP contribution in [0.4, 0.5) is 0 Å². The van der Waals surface area contributed by atoms with Crippen LogP contribution in [0.5, 0.6) is 0 Å². The molecule has 1 aliphatic rings. The van der Waals surface area contributed by atoms with Gasteiger partial charge in [0.25, 0.3) is 0 Å². The Kier molecular flexibility index (Phi) is 7.47. The molecule has 136 valence electrons. The molecule has 0 saturated heterocycles. The third-order valence-corrected chi connectivity index (χ3v) is 5.46. The summed E-state index contributed by atoms with van der Waals surface area (Å²) in [6, 6.07) is 7.55. The van der Waals surface area contributed by atoms with Gasteiger partial charge in [0.15, 0.2) is 0 Å². The summed E-state index contributed by atoms with van der Waals surface area (Å²) in [5.74, 6) is 0. The summed E-state index contributed by atoms with van der Waals surface area (Å²) in [5.41, 5.74) is 2.16. The van der Waals surface area contributed by atoms with Gasteiger partial charge in [0.1, 0.15) is 13.2 Å². The predicted octanol–water partition coefficient (Wildman–Crippen LogP) is 6.15. The molecule has 0 fully saturated rings. The van der Waals surface area contributed by atoms with E-state index in [0.717, 1.165) is 24.0 Å². The second-order valence-electron chi connectivity index (χ2n) is 5.19. The highest BCUT2D eigenvalue weighted by Crippen LogP contribution is 2.51. The number of halogens is 6. The number of hydrogen-bond donors (Lipinski definition) is 1. The summed E-state index contributed by atoms with van der Waals surface area (Å²) in [6.07, 6.45) is 1.56. The van der Waals surface area contributed by atoms with Crippen LogP contribution in [0.25, 0.3) is 0 Å². The summed E-state index contributed by atoms with van der Waals surface area (Å²) in [5, 5.41) is 2.85. The Morgan fingerprint density at radius 3 is 2.12 bits per heavy atom. The van der Waals surface area contributed by atoms with Crippen molar-refractivity contribution in [3.8, 4) is 0 Å². The van der Waals surface area contributed by atoms with E-state index in [2.05, 4.69) is 5.09 Å². The van der Waals surface area contributed by atoms with Crippen LogP contribution in [0.2, 0.25) is 0 Å². The van der Waals surface area contributed by atoms with Gasteiger partial charge in [0.2, 0.25) is 7.59 Å². The largest absolute Gasteiger partial charge is 0.406 e. The van der Waals surface area contributed by atoms with Crippen molar-refractivity contribution >= 4 is 77.4 Å². The standard InChI is InChI=1S/C13H14Cl6NO3P/c14-12(15,16)7-22-24(21,23-8-13(17,18)19)20-11-6-5-9-3-1-2-4-10(9)11/h1-4,11H,5-8H2,(H,20,21). The van der Waals surface area contributed by atoms with Crippen molar-refractivity contribution in [1.29, 1.82) is 0 Å². The van der Waals surface area contributed by atoms with Crippen LogP contribution < -0.4 is 5.09 Å². The minimum Gasteiger partial charge on any atom is -0.292 e. The Balaban J connectivity index is 2.12. The van der Waals surface area contributed by atoms with Crippen molar-refractivity contribution in [3.05, 3.63) is 35.4 Å². The number of benzene rings is 1. The monoisotopic (exact) mass is 473 g/mol. The number of rotatable bonds is 6. The molecule has 1 aliphatic carbocycles. The summed E-state index contributed by atoms with van der Waals surface area (Å²) in [7, 11) is -3.87. The molecule has 1 atom stereocenters. The van der Waals surface area contributed by atoms with Crippen LogP contribution in [0.15, 0.2) is 24.3 Å². The maximum absolute atomic E-state index is 13.0. The molecule has 0 heterocycles. The number of alkyl halides is 6. The van der Waals surface area contributed by atoms with Gasteiger partial charge in [-0.05, 0) is 24.0 Å². The maximum Gasteiger partial charge on any atom is 0.406 e. The van der Waals surface area contributed by atoms with Gasteiger partial charge in [-0.3, -0.25) is 9.05 Å². The molecule has 0 radical (unpaired) electrons. The molecule has 0 saturated carbocycles. The molecule has 1 unspecified atom stereocenters. The molecule has 0 aromatic heterocycles.